The number of hydrogen-bond donors (Lipinski definition) is 1. The van der Waals surface area contributed by atoms with Crippen LogP contribution in [0.1, 0.15) is 6.42 Å². The summed E-state index contributed by atoms with van der Waals surface area (Å²) in [6.07, 6.45) is 0.796. The summed E-state index contributed by atoms with van der Waals surface area (Å²) in [7, 11) is 0. The Morgan fingerprint density at radius 1 is 1.12 bits per heavy atom. The number of rotatable bonds is 4. The fourth-order valence-corrected chi connectivity index (χ4v) is 4.24. The quantitative estimate of drug-likeness (QED) is 0.808. The van der Waals surface area contributed by atoms with Crippen molar-refractivity contribution >= 4 is 29.2 Å². The lowest BCUT2D eigenvalue weighted by atomic mass is 10.2. The van der Waals surface area contributed by atoms with Crippen LogP contribution in [0.25, 0.3) is 0 Å². The molecule has 4 nitrogen and oxygen atoms in total. The van der Waals surface area contributed by atoms with Crippen LogP contribution in [0.4, 0.5) is 30.2 Å². The molecule has 8 heteroatoms. The SMILES string of the molecule is Fc1ccc2c(c1)N(CC[C@@H]1CNCCO1)SN2c1c(F)cccc1F. The number of ether oxygens (including phenoxy) is 1. The number of halogens is 3. The van der Waals surface area contributed by atoms with Crippen molar-refractivity contribution in [3.63, 3.8) is 0 Å². The smallest absolute Gasteiger partial charge is 0.150 e. The van der Waals surface area contributed by atoms with Crippen molar-refractivity contribution in [1.29, 1.82) is 0 Å². The number of nitrogens with zero attached hydrogens (tertiary/aromatic N) is 2. The van der Waals surface area contributed by atoms with Crippen molar-refractivity contribution in [2.24, 2.45) is 0 Å². The molecule has 2 aliphatic heterocycles. The Balaban J connectivity index is 1.61. The molecule has 2 heterocycles. The molecular weight excluding hydrogens is 363 g/mol. The first kappa shape index (κ1) is 17.5. The molecule has 26 heavy (non-hydrogen) atoms. The molecule has 2 aromatic carbocycles. The van der Waals surface area contributed by atoms with Gasteiger partial charge in [0.1, 0.15) is 11.5 Å². The van der Waals surface area contributed by atoms with Crippen molar-refractivity contribution in [2.45, 2.75) is 12.5 Å². The van der Waals surface area contributed by atoms with Crippen molar-refractivity contribution < 1.29 is 17.9 Å². The zero-order chi connectivity index (χ0) is 18.1. The maximum atomic E-state index is 14.3. The van der Waals surface area contributed by atoms with E-state index in [2.05, 4.69) is 5.32 Å². The first-order chi connectivity index (χ1) is 12.6. The van der Waals surface area contributed by atoms with Crippen LogP contribution in [0.3, 0.4) is 0 Å². The van der Waals surface area contributed by atoms with E-state index in [1.807, 2.05) is 4.31 Å². The molecule has 0 spiro atoms. The van der Waals surface area contributed by atoms with E-state index in [4.69, 9.17) is 4.74 Å². The minimum absolute atomic E-state index is 0.0700. The van der Waals surface area contributed by atoms with Crippen molar-refractivity contribution in [3.8, 4) is 0 Å². The predicted molar refractivity (Wildman–Crippen MR) is 97.1 cm³/mol. The summed E-state index contributed by atoms with van der Waals surface area (Å²) in [6.45, 7) is 2.83. The van der Waals surface area contributed by atoms with E-state index < -0.39 is 11.6 Å². The highest BCUT2D eigenvalue weighted by Gasteiger charge is 2.32. The highest BCUT2D eigenvalue weighted by molar-refractivity contribution is 8.02. The van der Waals surface area contributed by atoms with Gasteiger partial charge in [0.2, 0.25) is 0 Å². The maximum absolute atomic E-state index is 14.3. The van der Waals surface area contributed by atoms with Crippen LogP contribution in [0.2, 0.25) is 0 Å². The minimum Gasteiger partial charge on any atom is -0.376 e. The van der Waals surface area contributed by atoms with Gasteiger partial charge in [-0.3, -0.25) is 8.61 Å². The standard InChI is InChI=1S/C18H18F3N3OS/c19-12-4-5-16-17(10-12)23(8-6-13-11-22-7-9-25-13)26-24(16)18-14(20)2-1-3-15(18)21/h1-5,10,13,22H,6-9,11H2/t13-/m1/s1. The molecule has 2 aromatic rings. The van der Waals surface area contributed by atoms with Gasteiger partial charge in [0.25, 0.3) is 0 Å². The number of nitrogens with one attached hydrogen (secondary N) is 1. The lowest BCUT2D eigenvalue weighted by Crippen LogP contribution is -2.39. The normalized spacial score (nSPS) is 19.7. The van der Waals surface area contributed by atoms with Gasteiger partial charge in [-0.25, -0.2) is 13.2 Å². The molecule has 0 unspecified atom stereocenters. The summed E-state index contributed by atoms with van der Waals surface area (Å²) >= 11 is 1.16. The monoisotopic (exact) mass is 381 g/mol. The van der Waals surface area contributed by atoms with Gasteiger partial charge in [0, 0.05) is 25.7 Å². The number of hydrogen-bond acceptors (Lipinski definition) is 5. The van der Waals surface area contributed by atoms with Crippen LogP contribution < -0.4 is 13.9 Å². The van der Waals surface area contributed by atoms with Crippen LogP contribution in [-0.2, 0) is 4.74 Å². The van der Waals surface area contributed by atoms with Gasteiger partial charge in [-0.15, -0.1) is 0 Å². The van der Waals surface area contributed by atoms with Gasteiger partial charge in [0.15, 0.2) is 11.6 Å². The zero-order valence-corrected chi connectivity index (χ0v) is 14.7. The van der Waals surface area contributed by atoms with E-state index in [9.17, 15) is 13.2 Å². The Kier molecular flexibility index (Phi) is 4.97. The van der Waals surface area contributed by atoms with Crippen molar-refractivity contribution in [2.75, 3.05) is 34.9 Å². The van der Waals surface area contributed by atoms with Gasteiger partial charge in [0.05, 0.1) is 36.2 Å². The Morgan fingerprint density at radius 3 is 2.65 bits per heavy atom. The second-order valence-electron chi connectivity index (χ2n) is 6.17. The molecule has 1 fully saturated rings. The molecular formula is C18H18F3N3OS. The van der Waals surface area contributed by atoms with Crippen molar-refractivity contribution in [1.82, 2.24) is 5.32 Å². The van der Waals surface area contributed by atoms with Gasteiger partial charge in [-0.05, 0) is 30.7 Å². The predicted octanol–water partition coefficient (Wildman–Crippen LogP) is 4.00. The van der Waals surface area contributed by atoms with E-state index in [1.54, 1.807) is 6.07 Å². The second-order valence-corrected chi connectivity index (χ2v) is 7.14. The number of morpholine rings is 1. The highest BCUT2D eigenvalue weighted by Crippen LogP contribution is 2.50. The first-order valence-corrected chi connectivity index (χ1v) is 9.18. The van der Waals surface area contributed by atoms with Gasteiger partial charge in [-0.2, -0.15) is 0 Å². The topological polar surface area (TPSA) is 27.7 Å². The molecule has 2 aliphatic rings. The van der Waals surface area contributed by atoms with E-state index in [-0.39, 0.29) is 17.6 Å². The van der Waals surface area contributed by atoms with Crippen LogP contribution in [-0.4, -0.2) is 32.3 Å². The Hall–Kier alpha value is -1.90. The second kappa shape index (κ2) is 7.38. The van der Waals surface area contributed by atoms with E-state index in [1.165, 1.54) is 34.6 Å². The highest BCUT2D eigenvalue weighted by atomic mass is 32.2. The molecule has 0 radical (unpaired) electrons. The number of anilines is 3. The number of fused-ring (bicyclic) bond motifs is 1. The summed E-state index contributed by atoms with van der Waals surface area (Å²) in [5.41, 5.74) is 1.01. The molecule has 1 atom stereocenters. The lowest BCUT2D eigenvalue weighted by molar-refractivity contribution is 0.0254. The van der Waals surface area contributed by atoms with E-state index in [0.717, 1.165) is 31.6 Å². The minimum atomic E-state index is -0.658. The van der Waals surface area contributed by atoms with E-state index >= 15 is 0 Å². The molecule has 1 saturated heterocycles. The van der Waals surface area contributed by atoms with Crippen LogP contribution in [0.15, 0.2) is 36.4 Å². The van der Waals surface area contributed by atoms with Crippen LogP contribution in [0.5, 0.6) is 0 Å². The Bertz CT molecular complexity index is 781. The average molecular weight is 381 g/mol. The lowest BCUT2D eigenvalue weighted by Gasteiger charge is -2.26. The molecule has 0 saturated carbocycles. The maximum Gasteiger partial charge on any atom is 0.150 e. The van der Waals surface area contributed by atoms with Crippen molar-refractivity contribution in [3.05, 3.63) is 53.8 Å². The van der Waals surface area contributed by atoms with Gasteiger partial charge < -0.3 is 10.1 Å². The summed E-state index contributed by atoms with van der Waals surface area (Å²) < 4.78 is 51.3. The zero-order valence-electron chi connectivity index (χ0n) is 13.9. The average Bonchev–Trinajstić information content (AvgIpc) is 2.98. The third kappa shape index (κ3) is 3.36. The molecule has 1 N–H and O–H groups in total. The summed E-state index contributed by atoms with van der Waals surface area (Å²) in [5.74, 6) is -1.70. The molecule has 138 valence electrons. The van der Waals surface area contributed by atoms with Crippen LogP contribution in [0, 0.1) is 17.5 Å². The third-order valence-electron chi connectivity index (χ3n) is 4.40. The van der Waals surface area contributed by atoms with Gasteiger partial charge in [-0.1, -0.05) is 6.07 Å². The summed E-state index contributed by atoms with van der Waals surface area (Å²) in [6, 6.07) is 7.98. The fraction of sp³-hybridized carbons (Fsp3) is 0.333. The molecule has 0 aromatic heterocycles. The van der Waals surface area contributed by atoms with Crippen LogP contribution >= 0.6 is 12.1 Å². The number of benzene rings is 2. The summed E-state index contributed by atoms with van der Waals surface area (Å²) in [4.78, 5) is 0. The Morgan fingerprint density at radius 2 is 1.92 bits per heavy atom. The molecule has 0 amide bonds. The fourth-order valence-electron chi connectivity index (χ4n) is 3.13. The number of para-hydroxylation sites is 1. The third-order valence-corrected chi connectivity index (χ3v) is 5.52. The molecule has 0 aliphatic carbocycles. The Labute approximate surface area is 154 Å². The van der Waals surface area contributed by atoms with E-state index in [0.29, 0.717) is 24.5 Å². The largest absolute Gasteiger partial charge is 0.376 e. The summed E-state index contributed by atoms with van der Waals surface area (Å²) in [5, 5.41) is 3.27. The molecule has 0 bridgehead atoms. The molecule has 4 rings (SSSR count). The van der Waals surface area contributed by atoms with Gasteiger partial charge >= 0.3 is 0 Å². The first-order valence-electron chi connectivity index (χ1n) is 8.45.